The standard InChI is InChI=1S/C13H18ClN/c1-13(2)8-10(9-15-13)7-11-5-3-4-6-12(11)14/h3-6,10,15H,7-9H2,1-2H3. The van der Waals surface area contributed by atoms with E-state index in [2.05, 4.69) is 31.3 Å². The first-order valence-electron chi connectivity index (χ1n) is 5.55. The Balaban J connectivity index is 2.02. The van der Waals surface area contributed by atoms with E-state index in [-0.39, 0.29) is 0 Å². The van der Waals surface area contributed by atoms with E-state index in [4.69, 9.17) is 11.6 Å². The van der Waals surface area contributed by atoms with E-state index in [1.165, 1.54) is 12.0 Å². The van der Waals surface area contributed by atoms with Crippen LogP contribution in [0.5, 0.6) is 0 Å². The Labute approximate surface area is 96.8 Å². The number of nitrogens with one attached hydrogen (secondary N) is 1. The van der Waals surface area contributed by atoms with Crippen molar-refractivity contribution >= 4 is 11.6 Å². The van der Waals surface area contributed by atoms with Crippen molar-refractivity contribution in [3.63, 3.8) is 0 Å². The van der Waals surface area contributed by atoms with Crippen molar-refractivity contribution in [1.29, 1.82) is 0 Å². The molecule has 0 spiro atoms. The highest BCUT2D eigenvalue weighted by Gasteiger charge is 2.30. The molecule has 1 atom stereocenters. The van der Waals surface area contributed by atoms with Crippen molar-refractivity contribution in [3.05, 3.63) is 34.9 Å². The third-order valence-corrected chi connectivity index (χ3v) is 3.50. The maximum Gasteiger partial charge on any atom is 0.0438 e. The van der Waals surface area contributed by atoms with Gasteiger partial charge in [0.1, 0.15) is 0 Å². The third-order valence-electron chi connectivity index (χ3n) is 3.13. The fourth-order valence-corrected chi connectivity index (χ4v) is 2.62. The molecule has 0 bridgehead atoms. The van der Waals surface area contributed by atoms with Gasteiger partial charge in [-0.2, -0.15) is 0 Å². The molecule has 15 heavy (non-hydrogen) atoms. The Morgan fingerprint density at radius 1 is 1.40 bits per heavy atom. The van der Waals surface area contributed by atoms with Gasteiger partial charge in [0.2, 0.25) is 0 Å². The largest absolute Gasteiger partial charge is 0.311 e. The predicted octanol–water partition coefficient (Wildman–Crippen LogP) is 3.27. The lowest BCUT2D eigenvalue weighted by atomic mass is 9.92. The maximum absolute atomic E-state index is 6.15. The van der Waals surface area contributed by atoms with E-state index >= 15 is 0 Å². The molecule has 1 saturated heterocycles. The zero-order chi connectivity index (χ0) is 10.9. The van der Waals surface area contributed by atoms with Gasteiger partial charge < -0.3 is 5.32 Å². The van der Waals surface area contributed by atoms with Gasteiger partial charge in [0.25, 0.3) is 0 Å². The van der Waals surface area contributed by atoms with E-state index in [9.17, 15) is 0 Å². The fraction of sp³-hybridized carbons (Fsp3) is 0.538. The molecular weight excluding hydrogens is 206 g/mol. The summed E-state index contributed by atoms with van der Waals surface area (Å²) in [6, 6.07) is 8.16. The van der Waals surface area contributed by atoms with E-state index in [1.807, 2.05) is 12.1 Å². The molecule has 1 aliphatic heterocycles. The van der Waals surface area contributed by atoms with Crippen LogP contribution in [0.3, 0.4) is 0 Å². The topological polar surface area (TPSA) is 12.0 Å². The average Bonchev–Trinajstić information content (AvgIpc) is 2.50. The van der Waals surface area contributed by atoms with E-state index in [1.54, 1.807) is 0 Å². The third kappa shape index (κ3) is 2.73. The SMILES string of the molecule is CC1(C)CC(Cc2ccccc2Cl)CN1. The number of benzene rings is 1. The number of hydrogen-bond acceptors (Lipinski definition) is 1. The average molecular weight is 224 g/mol. The summed E-state index contributed by atoms with van der Waals surface area (Å²) in [5.74, 6) is 0.722. The molecule has 1 heterocycles. The molecule has 1 aromatic rings. The van der Waals surface area contributed by atoms with E-state index in [0.29, 0.717) is 5.54 Å². The van der Waals surface area contributed by atoms with Gasteiger partial charge in [0, 0.05) is 10.6 Å². The summed E-state index contributed by atoms with van der Waals surface area (Å²) >= 11 is 6.15. The van der Waals surface area contributed by atoms with Crippen LogP contribution in [0.25, 0.3) is 0 Å². The number of rotatable bonds is 2. The molecule has 1 N–H and O–H groups in total. The van der Waals surface area contributed by atoms with Crippen molar-refractivity contribution in [3.8, 4) is 0 Å². The Morgan fingerprint density at radius 2 is 2.13 bits per heavy atom. The molecule has 2 heteroatoms. The van der Waals surface area contributed by atoms with Gasteiger partial charge in [0.15, 0.2) is 0 Å². The van der Waals surface area contributed by atoms with Crippen molar-refractivity contribution in [2.24, 2.45) is 5.92 Å². The second kappa shape index (κ2) is 4.15. The first kappa shape index (κ1) is 11.0. The van der Waals surface area contributed by atoms with E-state index in [0.717, 1.165) is 23.9 Å². The van der Waals surface area contributed by atoms with Gasteiger partial charge in [-0.25, -0.2) is 0 Å². The van der Waals surface area contributed by atoms with Crippen LogP contribution in [0.2, 0.25) is 5.02 Å². The Bertz CT molecular complexity index is 346. The lowest BCUT2D eigenvalue weighted by molar-refractivity contribution is 0.441. The second-order valence-corrected chi connectivity index (χ2v) is 5.54. The van der Waals surface area contributed by atoms with Gasteiger partial charge in [-0.3, -0.25) is 0 Å². The van der Waals surface area contributed by atoms with Crippen LogP contribution in [0.15, 0.2) is 24.3 Å². The molecule has 1 nitrogen and oxygen atoms in total. The molecule has 0 amide bonds. The molecule has 0 aliphatic carbocycles. The van der Waals surface area contributed by atoms with Crippen LogP contribution in [-0.2, 0) is 6.42 Å². The summed E-state index contributed by atoms with van der Waals surface area (Å²) in [5.41, 5.74) is 1.58. The summed E-state index contributed by atoms with van der Waals surface area (Å²) in [6.45, 7) is 5.64. The highest BCUT2D eigenvalue weighted by molar-refractivity contribution is 6.31. The van der Waals surface area contributed by atoms with Crippen LogP contribution >= 0.6 is 11.6 Å². The molecule has 2 rings (SSSR count). The smallest absolute Gasteiger partial charge is 0.0438 e. The van der Waals surface area contributed by atoms with E-state index < -0.39 is 0 Å². The number of hydrogen-bond donors (Lipinski definition) is 1. The summed E-state index contributed by atoms with van der Waals surface area (Å²) in [6.07, 6.45) is 2.33. The van der Waals surface area contributed by atoms with Crippen molar-refractivity contribution in [1.82, 2.24) is 5.32 Å². The normalized spacial score (nSPS) is 24.3. The van der Waals surface area contributed by atoms with Crippen LogP contribution < -0.4 is 5.32 Å². The highest BCUT2D eigenvalue weighted by atomic mass is 35.5. The molecule has 0 radical (unpaired) electrons. The first-order chi connectivity index (χ1) is 7.07. The van der Waals surface area contributed by atoms with Crippen molar-refractivity contribution < 1.29 is 0 Å². The first-order valence-corrected chi connectivity index (χ1v) is 5.93. The number of halogens is 1. The van der Waals surface area contributed by atoms with Gasteiger partial charge in [-0.05, 0) is 50.8 Å². The summed E-state index contributed by atoms with van der Waals surface area (Å²) in [7, 11) is 0. The van der Waals surface area contributed by atoms with Gasteiger partial charge in [-0.1, -0.05) is 29.8 Å². The molecular formula is C13H18ClN. The van der Waals surface area contributed by atoms with Crippen molar-refractivity contribution in [2.45, 2.75) is 32.2 Å². The molecule has 1 unspecified atom stereocenters. The van der Waals surface area contributed by atoms with Crippen molar-refractivity contribution in [2.75, 3.05) is 6.54 Å². The Kier molecular flexibility index (Phi) is 3.03. The van der Waals surface area contributed by atoms with Crippen LogP contribution in [-0.4, -0.2) is 12.1 Å². The van der Waals surface area contributed by atoms with Gasteiger partial charge in [-0.15, -0.1) is 0 Å². The minimum atomic E-state index is 0.298. The fourth-order valence-electron chi connectivity index (χ4n) is 2.41. The highest BCUT2D eigenvalue weighted by Crippen LogP contribution is 2.28. The van der Waals surface area contributed by atoms with Crippen LogP contribution in [0, 0.1) is 5.92 Å². The maximum atomic E-state index is 6.15. The molecule has 1 aromatic carbocycles. The molecule has 82 valence electrons. The second-order valence-electron chi connectivity index (χ2n) is 5.13. The summed E-state index contributed by atoms with van der Waals surface area (Å²) < 4.78 is 0. The Hall–Kier alpha value is -0.530. The van der Waals surface area contributed by atoms with Crippen LogP contribution in [0.4, 0.5) is 0 Å². The molecule has 1 fully saturated rings. The predicted molar refractivity (Wildman–Crippen MR) is 65.3 cm³/mol. The minimum Gasteiger partial charge on any atom is -0.311 e. The Morgan fingerprint density at radius 3 is 2.73 bits per heavy atom. The summed E-state index contributed by atoms with van der Waals surface area (Å²) in [4.78, 5) is 0. The van der Waals surface area contributed by atoms with Gasteiger partial charge >= 0.3 is 0 Å². The lowest BCUT2D eigenvalue weighted by Crippen LogP contribution is -2.31. The summed E-state index contributed by atoms with van der Waals surface area (Å²) in [5, 5.41) is 4.45. The zero-order valence-corrected chi connectivity index (χ0v) is 10.1. The molecule has 0 saturated carbocycles. The monoisotopic (exact) mass is 223 g/mol. The zero-order valence-electron chi connectivity index (χ0n) is 9.39. The van der Waals surface area contributed by atoms with Crippen LogP contribution in [0.1, 0.15) is 25.8 Å². The molecule has 0 aromatic heterocycles. The minimum absolute atomic E-state index is 0.298. The lowest BCUT2D eigenvalue weighted by Gasteiger charge is -2.17. The molecule has 1 aliphatic rings. The van der Waals surface area contributed by atoms with Gasteiger partial charge in [0.05, 0.1) is 0 Å². The quantitative estimate of drug-likeness (QED) is 0.812.